The average molecular weight is 308 g/mol. The quantitative estimate of drug-likeness (QED) is 0.895. The zero-order valence-corrected chi connectivity index (χ0v) is 12.1. The molecule has 1 aliphatic heterocycles. The molecule has 0 saturated heterocycles. The number of aromatic nitrogens is 3. The molecule has 0 spiro atoms. The van der Waals surface area contributed by atoms with Crippen molar-refractivity contribution in [3.8, 4) is 0 Å². The maximum Gasteiger partial charge on any atom is 0.179 e. The summed E-state index contributed by atoms with van der Waals surface area (Å²) in [6, 6.07) is 5.25. The highest BCUT2D eigenvalue weighted by Gasteiger charge is 2.17. The predicted molar refractivity (Wildman–Crippen MR) is 79.9 cm³/mol. The van der Waals surface area contributed by atoms with Crippen LogP contribution < -0.4 is 5.32 Å². The number of H-pyrrole nitrogens is 1. The average Bonchev–Trinajstić information content (AvgIpc) is 2.89. The van der Waals surface area contributed by atoms with E-state index in [0.29, 0.717) is 15.9 Å². The Bertz CT molecular complexity index is 705. The number of benzene rings is 1. The molecule has 1 aromatic heterocycles. The van der Waals surface area contributed by atoms with Crippen molar-refractivity contribution in [2.75, 3.05) is 0 Å². The minimum Gasteiger partial charge on any atom is -0.346 e. The van der Waals surface area contributed by atoms with Crippen LogP contribution in [0.1, 0.15) is 23.3 Å². The third-order valence-electron chi connectivity index (χ3n) is 2.89. The molecule has 0 aliphatic carbocycles. The lowest BCUT2D eigenvalue weighted by Crippen LogP contribution is -2.16. The van der Waals surface area contributed by atoms with Crippen molar-refractivity contribution in [3.05, 3.63) is 51.5 Å². The standard InChI is InChI=1S/C13H11Cl2N5/c1-7-18-13(20-19-7)12-5-11(16-6-17-12)8-2-3-9(14)10(15)4-8/h2-6,12H,1H3,(H,16,17)(H,18,19,20). The summed E-state index contributed by atoms with van der Waals surface area (Å²) in [6.45, 7) is 1.85. The molecular formula is C13H11Cl2N5. The fourth-order valence-electron chi connectivity index (χ4n) is 1.91. The van der Waals surface area contributed by atoms with Crippen LogP contribution in [0.5, 0.6) is 0 Å². The molecule has 2 N–H and O–H groups in total. The molecule has 1 atom stereocenters. The number of aromatic amines is 1. The SMILES string of the molecule is Cc1nc(C2C=C(c3ccc(Cl)c(Cl)c3)NC=N2)n[nH]1. The number of nitrogens with one attached hydrogen (secondary N) is 2. The second-order valence-electron chi connectivity index (χ2n) is 4.36. The van der Waals surface area contributed by atoms with Gasteiger partial charge in [0.05, 0.1) is 16.4 Å². The zero-order valence-electron chi connectivity index (χ0n) is 10.6. The highest BCUT2D eigenvalue weighted by Crippen LogP contribution is 2.28. The van der Waals surface area contributed by atoms with Gasteiger partial charge in [0.25, 0.3) is 0 Å². The summed E-state index contributed by atoms with van der Waals surface area (Å²) in [5, 5.41) is 11.1. The monoisotopic (exact) mass is 307 g/mol. The normalized spacial score (nSPS) is 17.8. The van der Waals surface area contributed by atoms with Gasteiger partial charge in [-0.05, 0) is 30.7 Å². The van der Waals surface area contributed by atoms with Crippen LogP contribution in [-0.4, -0.2) is 21.5 Å². The zero-order chi connectivity index (χ0) is 14.1. The van der Waals surface area contributed by atoms with E-state index in [9.17, 15) is 0 Å². The first-order chi connectivity index (χ1) is 9.63. The summed E-state index contributed by atoms with van der Waals surface area (Å²) in [4.78, 5) is 8.61. The van der Waals surface area contributed by atoms with Crippen molar-refractivity contribution < 1.29 is 0 Å². The van der Waals surface area contributed by atoms with Crippen LogP contribution in [0.4, 0.5) is 0 Å². The van der Waals surface area contributed by atoms with Gasteiger partial charge in [-0.3, -0.25) is 10.1 Å². The van der Waals surface area contributed by atoms with E-state index >= 15 is 0 Å². The van der Waals surface area contributed by atoms with Crippen LogP contribution in [0.2, 0.25) is 10.0 Å². The third-order valence-corrected chi connectivity index (χ3v) is 3.63. The van der Waals surface area contributed by atoms with E-state index in [4.69, 9.17) is 23.2 Å². The first-order valence-electron chi connectivity index (χ1n) is 5.98. The Kier molecular flexibility index (Phi) is 3.46. The van der Waals surface area contributed by atoms with Crippen molar-refractivity contribution in [2.24, 2.45) is 4.99 Å². The number of aliphatic imine (C=N–C) groups is 1. The summed E-state index contributed by atoms with van der Waals surface area (Å²) in [7, 11) is 0. The van der Waals surface area contributed by atoms with Gasteiger partial charge in [-0.1, -0.05) is 29.3 Å². The Labute approximate surface area is 125 Å². The second-order valence-corrected chi connectivity index (χ2v) is 5.17. The third kappa shape index (κ3) is 2.55. The van der Waals surface area contributed by atoms with Crippen LogP contribution in [0.15, 0.2) is 29.3 Å². The number of aryl methyl sites for hydroxylation is 1. The van der Waals surface area contributed by atoms with Gasteiger partial charge in [-0.15, -0.1) is 0 Å². The van der Waals surface area contributed by atoms with Crippen LogP contribution >= 0.6 is 23.2 Å². The van der Waals surface area contributed by atoms with E-state index in [0.717, 1.165) is 17.1 Å². The van der Waals surface area contributed by atoms with Crippen molar-refractivity contribution in [3.63, 3.8) is 0 Å². The van der Waals surface area contributed by atoms with Crippen LogP contribution in [0, 0.1) is 6.92 Å². The first kappa shape index (κ1) is 13.1. The van der Waals surface area contributed by atoms with E-state index in [2.05, 4.69) is 25.5 Å². The van der Waals surface area contributed by atoms with Gasteiger partial charge in [0.15, 0.2) is 5.82 Å². The van der Waals surface area contributed by atoms with Gasteiger partial charge in [0.1, 0.15) is 11.9 Å². The number of hydrogen-bond acceptors (Lipinski definition) is 4. The van der Waals surface area contributed by atoms with Crippen molar-refractivity contribution in [1.82, 2.24) is 20.5 Å². The molecule has 3 rings (SSSR count). The van der Waals surface area contributed by atoms with Crippen LogP contribution in [-0.2, 0) is 0 Å². The number of halogens is 2. The maximum atomic E-state index is 6.04. The minimum absolute atomic E-state index is 0.217. The fraction of sp³-hybridized carbons (Fsp3) is 0.154. The summed E-state index contributed by atoms with van der Waals surface area (Å²) in [6.07, 6.45) is 3.58. The highest BCUT2D eigenvalue weighted by atomic mass is 35.5. The summed E-state index contributed by atoms with van der Waals surface area (Å²) < 4.78 is 0. The summed E-state index contributed by atoms with van der Waals surface area (Å²) >= 11 is 12.0. The molecular weight excluding hydrogens is 297 g/mol. The fourth-order valence-corrected chi connectivity index (χ4v) is 2.21. The highest BCUT2D eigenvalue weighted by molar-refractivity contribution is 6.42. The lowest BCUT2D eigenvalue weighted by molar-refractivity contribution is 0.805. The van der Waals surface area contributed by atoms with E-state index in [1.54, 1.807) is 12.4 Å². The Morgan fingerprint density at radius 3 is 2.75 bits per heavy atom. The van der Waals surface area contributed by atoms with Crippen LogP contribution in [0.25, 0.3) is 5.70 Å². The predicted octanol–water partition coefficient (Wildman–Crippen LogP) is 3.13. The lowest BCUT2D eigenvalue weighted by Gasteiger charge is -2.15. The molecule has 1 aromatic carbocycles. The molecule has 20 heavy (non-hydrogen) atoms. The molecule has 1 aliphatic rings. The number of nitrogens with zero attached hydrogens (tertiary/aromatic N) is 3. The summed E-state index contributed by atoms with van der Waals surface area (Å²) in [5.74, 6) is 1.40. The van der Waals surface area contributed by atoms with E-state index < -0.39 is 0 Å². The van der Waals surface area contributed by atoms with Gasteiger partial charge in [0.2, 0.25) is 0 Å². The van der Waals surface area contributed by atoms with Gasteiger partial charge in [-0.2, -0.15) is 5.10 Å². The largest absolute Gasteiger partial charge is 0.346 e. The topological polar surface area (TPSA) is 66.0 Å². The van der Waals surface area contributed by atoms with Crippen molar-refractivity contribution >= 4 is 35.2 Å². The number of hydrogen-bond donors (Lipinski definition) is 2. The molecule has 1 unspecified atom stereocenters. The molecule has 0 radical (unpaired) electrons. The molecule has 0 fully saturated rings. The molecule has 0 saturated carbocycles. The van der Waals surface area contributed by atoms with Gasteiger partial charge in [0, 0.05) is 5.70 Å². The van der Waals surface area contributed by atoms with Gasteiger partial charge < -0.3 is 5.32 Å². The Morgan fingerprint density at radius 1 is 1.20 bits per heavy atom. The van der Waals surface area contributed by atoms with Crippen molar-refractivity contribution in [2.45, 2.75) is 13.0 Å². The first-order valence-corrected chi connectivity index (χ1v) is 6.73. The van der Waals surface area contributed by atoms with E-state index in [1.165, 1.54) is 0 Å². The van der Waals surface area contributed by atoms with Crippen molar-refractivity contribution in [1.29, 1.82) is 0 Å². The Hall–Kier alpha value is -1.85. The molecule has 2 heterocycles. The summed E-state index contributed by atoms with van der Waals surface area (Å²) in [5.41, 5.74) is 1.83. The Morgan fingerprint density at radius 2 is 2.05 bits per heavy atom. The van der Waals surface area contributed by atoms with Gasteiger partial charge in [-0.25, -0.2) is 4.98 Å². The second kappa shape index (κ2) is 5.26. The molecule has 2 aromatic rings. The molecule has 0 bridgehead atoms. The minimum atomic E-state index is -0.217. The lowest BCUT2D eigenvalue weighted by atomic mass is 10.1. The molecule has 7 heteroatoms. The van der Waals surface area contributed by atoms with E-state index in [1.807, 2.05) is 25.1 Å². The van der Waals surface area contributed by atoms with E-state index in [-0.39, 0.29) is 6.04 Å². The molecule has 102 valence electrons. The smallest absolute Gasteiger partial charge is 0.179 e. The van der Waals surface area contributed by atoms with Crippen LogP contribution in [0.3, 0.4) is 0 Å². The molecule has 0 amide bonds. The van der Waals surface area contributed by atoms with Gasteiger partial charge >= 0.3 is 0 Å². The Balaban J connectivity index is 1.93. The maximum absolute atomic E-state index is 6.04. The number of rotatable bonds is 2. The molecule has 5 nitrogen and oxygen atoms in total.